The standard InChI is InChI=1S/C19H17NO5/c1-19(22,17-9-12-4-2-3-5-14(12)25-17)10-20-18(21)13-6-7-15-16(8-13)24-11-23-15/h2-9,22H,10-11H2,1H3,(H,20,21). The summed E-state index contributed by atoms with van der Waals surface area (Å²) in [5.41, 5.74) is -0.199. The van der Waals surface area contributed by atoms with Gasteiger partial charge in [0.1, 0.15) is 16.9 Å². The maximum atomic E-state index is 12.3. The first kappa shape index (κ1) is 15.5. The Morgan fingerprint density at radius 3 is 2.80 bits per heavy atom. The van der Waals surface area contributed by atoms with Crippen molar-refractivity contribution in [3.05, 3.63) is 59.9 Å². The number of nitrogens with one attached hydrogen (secondary N) is 1. The molecule has 0 saturated heterocycles. The fourth-order valence-electron chi connectivity index (χ4n) is 2.73. The van der Waals surface area contributed by atoms with Gasteiger partial charge in [0.05, 0.1) is 6.54 Å². The molecule has 1 unspecified atom stereocenters. The number of hydrogen-bond acceptors (Lipinski definition) is 5. The second kappa shape index (κ2) is 5.82. The maximum Gasteiger partial charge on any atom is 0.251 e. The molecular formula is C19H17NO5. The summed E-state index contributed by atoms with van der Waals surface area (Å²) in [6, 6.07) is 14.2. The lowest BCUT2D eigenvalue weighted by Crippen LogP contribution is -2.38. The van der Waals surface area contributed by atoms with Crippen molar-refractivity contribution in [2.24, 2.45) is 0 Å². The molecule has 2 heterocycles. The van der Waals surface area contributed by atoms with Gasteiger partial charge in [0, 0.05) is 10.9 Å². The largest absolute Gasteiger partial charge is 0.458 e. The lowest BCUT2D eigenvalue weighted by Gasteiger charge is -2.21. The second-order valence-corrected chi connectivity index (χ2v) is 6.17. The number of furan rings is 1. The van der Waals surface area contributed by atoms with E-state index in [1.54, 1.807) is 31.2 Å². The molecule has 6 nitrogen and oxygen atoms in total. The summed E-state index contributed by atoms with van der Waals surface area (Å²) >= 11 is 0. The van der Waals surface area contributed by atoms with Gasteiger partial charge in [0.15, 0.2) is 11.5 Å². The third-order valence-electron chi connectivity index (χ3n) is 4.18. The van der Waals surface area contributed by atoms with Gasteiger partial charge in [-0.05, 0) is 37.3 Å². The van der Waals surface area contributed by atoms with Crippen molar-refractivity contribution in [3.63, 3.8) is 0 Å². The minimum absolute atomic E-state index is 0.0140. The zero-order chi connectivity index (χ0) is 17.4. The van der Waals surface area contributed by atoms with Crippen LogP contribution >= 0.6 is 0 Å². The first-order valence-electron chi connectivity index (χ1n) is 7.92. The number of amides is 1. The molecule has 0 saturated carbocycles. The lowest BCUT2D eigenvalue weighted by atomic mass is 10.0. The first-order chi connectivity index (χ1) is 12.0. The number of para-hydroxylation sites is 1. The van der Waals surface area contributed by atoms with Gasteiger partial charge in [-0.3, -0.25) is 4.79 Å². The van der Waals surface area contributed by atoms with E-state index in [0.717, 1.165) is 5.39 Å². The molecular weight excluding hydrogens is 322 g/mol. The van der Waals surface area contributed by atoms with Crippen molar-refractivity contribution in [1.82, 2.24) is 5.32 Å². The summed E-state index contributed by atoms with van der Waals surface area (Å²) in [7, 11) is 0. The van der Waals surface area contributed by atoms with E-state index in [0.29, 0.717) is 28.4 Å². The highest BCUT2D eigenvalue weighted by Crippen LogP contribution is 2.32. The number of benzene rings is 2. The molecule has 0 radical (unpaired) electrons. The summed E-state index contributed by atoms with van der Waals surface area (Å²) in [6.45, 7) is 1.77. The van der Waals surface area contributed by atoms with Crippen molar-refractivity contribution in [2.75, 3.05) is 13.3 Å². The number of carbonyl (C=O) groups excluding carboxylic acids is 1. The highest BCUT2D eigenvalue weighted by Gasteiger charge is 2.28. The maximum absolute atomic E-state index is 12.3. The van der Waals surface area contributed by atoms with Crippen LogP contribution in [0.2, 0.25) is 0 Å². The van der Waals surface area contributed by atoms with Crippen molar-refractivity contribution < 1.29 is 23.8 Å². The van der Waals surface area contributed by atoms with Crippen LogP contribution in [-0.4, -0.2) is 24.4 Å². The Balaban J connectivity index is 1.48. The van der Waals surface area contributed by atoms with Crippen LogP contribution in [0.5, 0.6) is 11.5 Å². The first-order valence-corrected chi connectivity index (χ1v) is 7.92. The molecule has 1 amide bonds. The molecule has 4 rings (SSSR count). The summed E-state index contributed by atoms with van der Waals surface area (Å²) in [5, 5.41) is 14.3. The monoisotopic (exact) mass is 339 g/mol. The minimum Gasteiger partial charge on any atom is -0.458 e. The number of hydrogen-bond donors (Lipinski definition) is 2. The van der Waals surface area contributed by atoms with Crippen LogP contribution in [0.25, 0.3) is 11.0 Å². The number of aliphatic hydroxyl groups is 1. The molecule has 25 heavy (non-hydrogen) atoms. The molecule has 1 aliphatic heterocycles. The van der Waals surface area contributed by atoms with Crippen LogP contribution in [0.15, 0.2) is 52.9 Å². The summed E-state index contributed by atoms with van der Waals surface area (Å²) in [4.78, 5) is 12.3. The highest BCUT2D eigenvalue weighted by molar-refractivity contribution is 5.95. The van der Waals surface area contributed by atoms with E-state index in [1.165, 1.54) is 0 Å². The molecule has 2 aromatic carbocycles. The van der Waals surface area contributed by atoms with Gasteiger partial charge in [-0.15, -0.1) is 0 Å². The van der Waals surface area contributed by atoms with E-state index in [2.05, 4.69) is 5.32 Å². The Hall–Kier alpha value is -2.99. The molecule has 0 bridgehead atoms. The SMILES string of the molecule is CC(O)(CNC(=O)c1ccc2c(c1)OCO2)c1cc2ccccc2o1. The summed E-state index contributed by atoms with van der Waals surface area (Å²) in [6.07, 6.45) is 0. The van der Waals surface area contributed by atoms with Crippen molar-refractivity contribution in [3.8, 4) is 11.5 Å². The van der Waals surface area contributed by atoms with Gasteiger partial charge in [-0.1, -0.05) is 18.2 Å². The number of rotatable bonds is 4. The van der Waals surface area contributed by atoms with E-state index in [9.17, 15) is 9.90 Å². The van der Waals surface area contributed by atoms with Crippen molar-refractivity contribution in [1.29, 1.82) is 0 Å². The quantitative estimate of drug-likeness (QED) is 0.764. The van der Waals surface area contributed by atoms with E-state index in [-0.39, 0.29) is 19.2 Å². The van der Waals surface area contributed by atoms with Crippen LogP contribution < -0.4 is 14.8 Å². The molecule has 1 atom stereocenters. The Kier molecular flexibility index (Phi) is 3.62. The Bertz CT molecular complexity index is 911. The Morgan fingerprint density at radius 1 is 1.16 bits per heavy atom. The van der Waals surface area contributed by atoms with Crippen molar-refractivity contribution >= 4 is 16.9 Å². The van der Waals surface area contributed by atoms with Crippen molar-refractivity contribution in [2.45, 2.75) is 12.5 Å². The van der Waals surface area contributed by atoms with E-state index < -0.39 is 5.60 Å². The molecule has 128 valence electrons. The highest BCUT2D eigenvalue weighted by atomic mass is 16.7. The normalized spacial score (nSPS) is 15.1. The van der Waals surface area contributed by atoms with Gasteiger partial charge in [0.25, 0.3) is 5.91 Å². The van der Waals surface area contributed by atoms with E-state index in [4.69, 9.17) is 13.9 Å². The number of fused-ring (bicyclic) bond motifs is 2. The van der Waals surface area contributed by atoms with Crippen LogP contribution in [0.3, 0.4) is 0 Å². The molecule has 0 spiro atoms. The predicted molar refractivity (Wildman–Crippen MR) is 90.7 cm³/mol. The molecule has 0 fully saturated rings. The fourth-order valence-corrected chi connectivity index (χ4v) is 2.73. The van der Waals surface area contributed by atoms with Gasteiger partial charge < -0.3 is 24.3 Å². The third kappa shape index (κ3) is 2.92. The molecule has 6 heteroatoms. The molecule has 2 N–H and O–H groups in total. The lowest BCUT2D eigenvalue weighted by molar-refractivity contribution is 0.0344. The number of ether oxygens (including phenoxy) is 2. The molecule has 1 aromatic heterocycles. The Labute approximate surface area is 144 Å². The van der Waals surface area contributed by atoms with Gasteiger partial charge in [0.2, 0.25) is 6.79 Å². The van der Waals surface area contributed by atoms with Crippen LogP contribution in [-0.2, 0) is 5.60 Å². The topological polar surface area (TPSA) is 80.9 Å². The average Bonchev–Trinajstić information content (AvgIpc) is 3.25. The Morgan fingerprint density at radius 2 is 1.96 bits per heavy atom. The zero-order valence-corrected chi connectivity index (χ0v) is 13.6. The molecule has 1 aliphatic rings. The van der Waals surface area contributed by atoms with E-state index >= 15 is 0 Å². The summed E-state index contributed by atoms with van der Waals surface area (Å²) in [5.74, 6) is 1.25. The van der Waals surface area contributed by atoms with Crippen LogP contribution in [0, 0.1) is 0 Å². The molecule has 0 aliphatic carbocycles. The van der Waals surface area contributed by atoms with Gasteiger partial charge >= 0.3 is 0 Å². The fraction of sp³-hybridized carbons (Fsp3) is 0.211. The van der Waals surface area contributed by atoms with Gasteiger partial charge in [-0.25, -0.2) is 0 Å². The van der Waals surface area contributed by atoms with Crippen LogP contribution in [0.1, 0.15) is 23.0 Å². The average molecular weight is 339 g/mol. The predicted octanol–water partition coefficient (Wildman–Crippen LogP) is 2.80. The third-order valence-corrected chi connectivity index (χ3v) is 4.18. The summed E-state index contributed by atoms with van der Waals surface area (Å²) < 4.78 is 16.2. The van der Waals surface area contributed by atoms with E-state index in [1.807, 2.05) is 24.3 Å². The second-order valence-electron chi connectivity index (χ2n) is 6.17. The zero-order valence-electron chi connectivity index (χ0n) is 13.6. The van der Waals surface area contributed by atoms with Gasteiger partial charge in [-0.2, -0.15) is 0 Å². The van der Waals surface area contributed by atoms with Crippen LogP contribution in [0.4, 0.5) is 0 Å². The number of carbonyl (C=O) groups is 1. The smallest absolute Gasteiger partial charge is 0.251 e. The molecule has 3 aromatic rings. The minimum atomic E-state index is -1.33.